The van der Waals surface area contributed by atoms with Crippen LogP contribution in [0.25, 0.3) is 0 Å². The number of halogens is 4. The molecule has 5 heteroatoms. The summed E-state index contributed by atoms with van der Waals surface area (Å²) in [5.74, 6) is -1.48. The molecule has 0 aliphatic heterocycles. The molecule has 1 nitrogen and oxygen atoms in total. The van der Waals surface area contributed by atoms with Gasteiger partial charge in [-0.25, -0.2) is 13.2 Å². The zero-order chi connectivity index (χ0) is 14.0. The Morgan fingerprint density at radius 1 is 1.00 bits per heavy atom. The van der Waals surface area contributed by atoms with Crippen LogP contribution >= 0.6 is 15.9 Å². The first-order valence-corrected chi connectivity index (χ1v) is 6.41. The molecule has 0 amide bonds. The number of nitrogens with two attached hydrogens (primary N) is 1. The predicted octanol–water partition coefficient (Wildman–Crippen LogP) is 4.11. The van der Waals surface area contributed by atoms with Crippen LogP contribution < -0.4 is 5.73 Å². The van der Waals surface area contributed by atoms with E-state index < -0.39 is 17.7 Å². The van der Waals surface area contributed by atoms with Crippen molar-refractivity contribution >= 4 is 15.9 Å². The van der Waals surface area contributed by atoms with E-state index in [2.05, 4.69) is 15.9 Å². The topological polar surface area (TPSA) is 26.0 Å². The molecule has 1 atom stereocenters. The molecule has 0 saturated carbocycles. The van der Waals surface area contributed by atoms with E-state index >= 15 is 0 Å². The van der Waals surface area contributed by atoms with Crippen molar-refractivity contribution in [3.63, 3.8) is 0 Å². The first-order chi connectivity index (χ1) is 8.97. The number of rotatable bonds is 3. The highest BCUT2D eigenvalue weighted by molar-refractivity contribution is 9.10. The van der Waals surface area contributed by atoms with E-state index in [9.17, 15) is 13.2 Å². The second-order valence-corrected chi connectivity index (χ2v) is 5.08. The molecule has 0 aliphatic carbocycles. The molecule has 0 spiro atoms. The lowest BCUT2D eigenvalue weighted by molar-refractivity contribution is 0.557. The van der Waals surface area contributed by atoms with Crippen molar-refractivity contribution in [2.75, 3.05) is 0 Å². The molecule has 0 heterocycles. The second-order valence-electron chi connectivity index (χ2n) is 4.22. The van der Waals surface area contributed by atoms with Crippen molar-refractivity contribution in [1.29, 1.82) is 0 Å². The van der Waals surface area contributed by atoms with Gasteiger partial charge in [-0.05, 0) is 52.2 Å². The Morgan fingerprint density at radius 2 is 1.63 bits per heavy atom. The van der Waals surface area contributed by atoms with Crippen LogP contribution in [-0.4, -0.2) is 0 Å². The average Bonchev–Trinajstić information content (AvgIpc) is 2.36. The van der Waals surface area contributed by atoms with Crippen molar-refractivity contribution < 1.29 is 13.2 Å². The normalized spacial score (nSPS) is 12.5. The van der Waals surface area contributed by atoms with Crippen molar-refractivity contribution in [3.8, 4) is 0 Å². The summed E-state index contributed by atoms with van der Waals surface area (Å²) in [5, 5.41) is 0. The second kappa shape index (κ2) is 5.75. The molecule has 2 N–H and O–H groups in total. The Labute approximate surface area is 117 Å². The van der Waals surface area contributed by atoms with Crippen LogP contribution in [0.2, 0.25) is 0 Å². The maximum absolute atomic E-state index is 13.7. The van der Waals surface area contributed by atoms with Gasteiger partial charge in [0, 0.05) is 11.6 Å². The molecule has 0 saturated heterocycles. The largest absolute Gasteiger partial charge is 0.324 e. The SMILES string of the molecule is NC(Cc1ccc(F)cc1)c1cc(F)c(Br)cc1F. The van der Waals surface area contributed by atoms with Crippen LogP contribution in [0.3, 0.4) is 0 Å². The fourth-order valence-electron chi connectivity index (χ4n) is 1.81. The fourth-order valence-corrected chi connectivity index (χ4v) is 2.12. The Balaban J connectivity index is 2.22. The van der Waals surface area contributed by atoms with Gasteiger partial charge in [-0.3, -0.25) is 0 Å². The third-order valence-electron chi connectivity index (χ3n) is 2.81. The van der Waals surface area contributed by atoms with E-state index in [0.717, 1.165) is 17.7 Å². The van der Waals surface area contributed by atoms with Gasteiger partial charge in [0.1, 0.15) is 17.5 Å². The van der Waals surface area contributed by atoms with Gasteiger partial charge in [-0.15, -0.1) is 0 Å². The summed E-state index contributed by atoms with van der Waals surface area (Å²) in [7, 11) is 0. The zero-order valence-corrected chi connectivity index (χ0v) is 11.4. The van der Waals surface area contributed by atoms with Gasteiger partial charge in [-0.1, -0.05) is 12.1 Å². The quantitative estimate of drug-likeness (QED) is 0.842. The summed E-state index contributed by atoms with van der Waals surface area (Å²) in [6, 6.07) is 7.20. The van der Waals surface area contributed by atoms with Crippen molar-refractivity contribution in [2.45, 2.75) is 12.5 Å². The smallest absolute Gasteiger partial charge is 0.137 e. The molecule has 0 aliphatic rings. The minimum atomic E-state index is -0.687. The molecular formula is C14H11BrF3N. The summed E-state index contributed by atoms with van der Waals surface area (Å²) in [6.07, 6.45) is 0.304. The minimum Gasteiger partial charge on any atom is -0.324 e. The molecule has 2 aromatic carbocycles. The summed E-state index contributed by atoms with van der Waals surface area (Å²) >= 11 is 2.91. The van der Waals surface area contributed by atoms with E-state index in [1.54, 1.807) is 12.1 Å². The fraction of sp³-hybridized carbons (Fsp3) is 0.143. The van der Waals surface area contributed by atoms with Gasteiger partial charge in [0.2, 0.25) is 0 Å². The third kappa shape index (κ3) is 3.36. The lowest BCUT2D eigenvalue weighted by atomic mass is 9.99. The van der Waals surface area contributed by atoms with Crippen LogP contribution in [0.4, 0.5) is 13.2 Å². The average molecular weight is 330 g/mol. The highest BCUT2D eigenvalue weighted by Gasteiger charge is 2.15. The summed E-state index contributed by atoms with van der Waals surface area (Å²) < 4.78 is 39.9. The van der Waals surface area contributed by atoms with E-state index in [1.807, 2.05) is 0 Å². The molecule has 0 aromatic heterocycles. The summed E-state index contributed by atoms with van der Waals surface area (Å²) in [4.78, 5) is 0. The van der Waals surface area contributed by atoms with Crippen molar-refractivity contribution in [3.05, 3.63) is 69.4 Å². The minimum absolute atomic E-state index is 0.0581. The van der Waals surface area contributed by atoms with Crippen LogP contribution in [0.1, 0.15) is 17.2 Å². The molecule has 100 valence electrons. The highest BCUT2D eigenvalue weighted by atomic mass is 79.9. The molecule has 0 radical (unpaired) electrons. The van der Waals surface area contributed by atoms with Gasteiger partial charge < -0.3 is 5.73 Å². The molecule has 2 aromatic rings. The standard InChI is InChI=1S/C14H11BrF3N/c15-11-7-12(17)10(6-13(11)18)14(19)5-8-1-3-9(16)4-2-8/h1-4,6-7,14H,5,19H2. The molecule has 2 rings (SSSR count). The van der Waals surface area contributed by atoms with Crippen LogP contribution in [0.5, 0.6) is 0 Å². The maximum Gasteiger partial charge on any atom is 0.137 e. The summed E-state index contributed by atoms with van der Waals surface area (Å²) in [5.41, 5.74) is 6.73. The Hall–Kier alpha value is -1.33. The number of hydrogen-bond donors (Lipinski definition) is 1. The monoisotopic (exact) mass is 329 g/mol. The lowest BCUT2D eigenvalue weighted by Gasteiger charge is -2.14. The van der Waals surface area contributed by atoms with Crippen LogP contribution in [0, 0.1) is 17.5 Å². The molecule has 0 fully saturated rings. The maximum atomic E-state index is 13.7. The molecule has 1 unspecified atom stereocenters. The molecule has 0 bridgehead atoms. The lowest BCUT2D eigenvalue weighted by Crippen LogP contribution is -2.15. The Bertz CT molecular complexity index is 584. The van der Waals surface area contributed by atoms with Crippen LogP contribution in [-0.2, 0) is 6.42 Å². The number of benzene rings is 2. The van der Waals surface area contributed by atoms with Gasteiger partial charge in [0.25, 0.3) is 0 Å². The van der Waals surface area contributed by atoms with Gasteiger partial charge >= 0.3 is 0 Å². The Morgan fingerprint density at radius 3 is 2.26 bits per heavy atom. The first kappa shape index (κ1) is 14.1. The Kier molecular flexibility index (Phi) is 4.27. The number of hydrogen-bond acceptors (Lipinski definition) is 1. The van der Waals surface area contributed by atoms with E-state index in [-0.39, 0.29) is 15.9 Å². The van der Waals surface area contributed by atoms with E-state index in [4.69, 9.17) is 5.73 Å². The predicted molar refractivity (Wildman–Crippen MR) is 71.1 cm³/mol. The highest BCUT2D eigenvalue weighted by Crippen LogP contribution is 2.25. The van der Waals surface area contributed by atoms with Crippen molar-refractivity contribution in [1.82, 2.24) is 0 Å². The molecule has 19 heavy (non-hydrogen) atoms. The van der Waals surface area contributed by atoms with E-state index in [0.29, 0.717) is 6.42 Å². The van der Waals surface area contributed by atoms with Crippen LogP contribution in [0.15, 0.2) is 40.9 Å². The van der Waals surface area contributed by atoms with Gasteiger partial charge in [-0.2, -0.15) is 0 Å². The summed E-state index contributed by atoms with van der Waals surface area (Å²) in [6.45, 7) is 0. The van der Waals surface area contributed by atoms with Crippen molar-refractivity contribution in [2.24, 2.45) is 5.73 Å². The molecular weight excluding hydrogens is 319 g/mol. The van der Waals surface area contributed by atoms with Gasteiger partial charge in [0.15, 0.2) is 0 Å². The van der Waals surface area contributed by atoms with E-state index in [1.165, 1.54) is 12.1 Å². The third-order valence-corrected chi connectivity index (χ3v) is 3.42. The van der Waals surface area contributed by atoms with Gasteiger partial charge in [0.05, 0.1) is 4.47 Å². The zero-order valence-electron chi connectivity index (χ0n) is 9.84. The first-order valence-electron chi connectivity index (χ1n) is 5.62.